The maximum absolute atomic E-state index is 11.9. The van der Waals surface area contributed by atoms with E-state index in [1.165, 1.54) is 0 Å². The third-order valence-corrected chi connectivity index (χ3v) is 5.35. The fourth-order valence-corrected chi connectivity index (χ4v) is 3.99. The van der Waals surface area contributed by atoms with Crippen LogP contribution in [0.25, 0.3) is 11.0 Å². The van der Waals surface area contributed by atoms with E-state index in [-0.39, 0.29) is 6.03 Å². The summed E-state index contributed by atoms with van der Waals surface area (Å²) < 4.78 is 2.14. The Kier molecular flexibility index (Phi) is 4.10. The molecule has 1 aromatic carbocycles. The Morgan fingerprint density at radius 2 is 2.25 bits per heavy atom. The van der Waals surface area contributed by atoms with E-state index >= 15 is 0 Å². The zero-order valence-electron chi connectivity index (χ0n) is 13.8. The number of aryl methyl sites for hydroxylation is 1. The van der Waals surface area contributed by atoms with Crippen molar-refractivity contribution in [3.63, 3.8) is 0 Å². The maximum Gasteiger partial charge on any atom is 0.317 e. The van der Waals surface area contributed by atoms with Crippen LogP contribution in [0.1, 0.15) is 18.7 Å². The minimum Gasteiger partial charge on any atom is -0.336 e. The predicted octanol–water partition coefficient (Wildman–Crippen LogP) is 2.22. The normalized spacial score (nSPS) is 22.3. The number of urea groups is 1. The van der Waals surface area contributed by atoms with Crippen LogP contribution in [0.3, 0.4) is 0 Å². The third-order valence-electron chi connectivity index (χ3n) is 5.11. The van der Waals surface area contributed by atoms with E-state index in [4.69, 9.17) is 16.6 Å². The van der Waals surface area contributed by atoms with Crippen molar-refractivity contribution in [2.75, 3.05) is 26.2 Å². The number of fused-ring (bicyclic) bond motifs is 1. The smallest absolute Gasteiger partial charge is 0.317 e. The maximum atomic E-state index is 11.9. The molecule has 2 aromatic rings. The van der Waals surface area contributed by atoms with Gasteiger partial charge in [0, 0.05) is 37.7 Å². The number of hydrogen-bond acceptors (Lipinski definition) is 3. The summed E-state index contributed by atoms with van der Waals surface area (Å²) in [5.41, 5.74) is 2.04. The molecule has 0 bridgehead atoms. The number of likely N-dealkylation sites (tertiary alicyclic amines) is 1. The van der Waals surface area contributed by atoms with Gasteiger partial charge in [-0.25, -0.2) is 9.78 Å². The second-order valence-electron chi connectivity index (χ2n) is 6.68. The van der Waals surface area contributed by atoms with E-state index in [2.05, 4.69) is 14.8 Å². The molecule has 2 saturated heterocycles. The number of nitrogens with one attached hydrogen (secondary N) is 1. The van der Waals surface area contributed by atoms with Gasteiger partial charge in [-0.1, -0.05) is 11.6 Å². The molecule has 0 aliphatic carbocycles. The number of carbonyl (C=O) groups is 1. The van der Waals surface area contributed by atoms with E-state index in [1.807, 2.05) is 30.1 Å². The number of rotatable bonds is 3. The van der Waals surface area contributed by atoms with Gasteiger partial charge >= 0.3 is 6.03 Å². The highest BCUT2D eigenvalue weighted by Gasteiger charge is 2.31. The molecule has 0 spiro atoms. The molecule has 1 atom stereocenters. The van der Waals surface area contributed by atoms with Crippen molar-refractivity contribution in [3.05, 3.63) is 29.0 Å². The fraction of sp³-hybridized carbons (Fsp3) is 0.529. The van der Waals surface area contributed by atoms with Gasteiger partial charge in [-0.3, -0.25) is 4.90 Å². The fourth-order valence-electron chi connectivity index (χ4n) is 3.83. The molecule has 0 unspecified atom stereocenters. The zero-order chi connectivity index (χ0) is 16.7. The van der Waals surface area contributed by atoms with Gasteiger partial charge in [-0.05, 0) is 37.6 Å². The number of hydrogen-bond donors (Lipinski definition) is 1. The van der Waals surface area contributed by atoms with Crippen LogP contribution < -0.4 is 5.32 Å². The van der Waals surface area contributed by atoms with Crippen molar-refractivity contribution in [2.45, 2.75) is 25.4 Å². The molecule has 2 aliphatic heterocycles. The minimum absolute atomic E-state index is 0.0826. The highest BCUT2D eigenvalue weighted by Crippen LogP contribution is 2.23. The first kappa shape index (κ1) is 15.7. The Labute approximate surface area is 146 Å². The second-order valence-corrected chi connectivity index (χ2v) is 7.11. The van der Waals surface area contributed by atoms with Crippen LogP contribution in [-0.2, 0) is 13.6 Å². The molecule has 6 nitrogen and oxygen atoms in total. The predicted molar refractivity (Wildman–Crippen MR) is 94.1 cm³/mol. The molecule has 7 heteroatoms. The first-order valence-corrected chi connectivity index (χ1v) is 8.87. The summed E-state index contributed by atoms with van der Waals surface area (Å²) in [5.74, 6) is 1.04. The van der Waals surface area contributed by atoms with E-state index in [1.54, 1.807) is 0 Å². The topological polar surface area (TPSA) is 53.4 Å². The number of amides is 2. The monoisotopic (exact) mass is 347 g/mol. The first-order chi connectivity index (χ1) is 11.6. The lowest BCUT2D eigenvalue weighted by molar-refractivity contribution is 0.119. The molecule has 2 fully saturated rings. The van der Waals surface area contributed by atoms with Gasteiger partial charge in [-0.15, -0.1) is 0 Å². The zero-order valence-corrected chi connectivity index (χ0v) is 14.6. The van der Waals surface area contributed by atoms with Crippen molar-refractivity contribution < 1.29 is 4.79 Å². The molecule has 0 saturated carbocycles. The van der Waals surface area contributed by atoms with E-state index in [0.717, 1.165) is 62.4 Å². The molecule has 2 amide bonds. The summed E-state index contributed by atoms with van der Waals surface area (Å²) in [6.07, 6.45) is 2.20. The molecule has 2 aliphatic rings. The second kappa shape index (κ2) is 6.26. The van der Waals surface area contributed by atoms with Crippen LogP contribution in [0, 0.1) is 0 Å². The van der Waals surface area contributed by atoms with Crippen LogP contribution in [0.4, 0.5) is 4.79 Å². The molecule has 1 aromatic heterocycles. The molecule has 3 heterocycles. The summed E-state index contributed by atoms with van der Waals surface area (Å²) in [7, 11) is 2.05. The van der Waals surface area contributed by atoms with Crippen LogP contribution in [0.15, 0.2) is 18.2 Å². The molecular formula is C17H22ClN5O. The van der Waals surface area contributed by atoms with Gasteiger partial charge in [0.2, 0.25) is 0 Å². The summed E-state index contributed by atoms with van der Waals surface area (Å²) in [6, 6.07) is 6.22. The van der Waals surface area contributed by atoms with E-state index < -0.39 is 0 Å². The number of carbonyl (C=O) groups excluding carboxylic acids is 1. The Morgan fingerprint density at radius 3 is 3.04 bits per heavy atom. The number of piperidine rings is 1. The SMILES string of the molecule is Cn1c(CN2CCC[C@H](N3CCNC3=O)C2)nc2cc(Cl)ccc21. The summed E-state index contributed by atoms with van der Waals surface area (Å²) >= 11 is 6.07. The number of imidazole rings is 1. The molecule has 1 N–H and O–H groups in total. The van der Waals surface area contributed by atoms with E-state index in [0.29, 0.717) is 11.1 Å². The molecule has 128 valence electrons. The first-order valence-electron chi connectivity index (χ1n) is 8.49. The van der Waals surface area contributed by atoms with Gasteiger partial charge in [0.15, 0.2) is 0 Å². The number of nitrogens with zero attached hydrogens (tertiary/aromatic N) is 4. The Balaban J connectivity index is 1.50. The van der Waals surface area contributed by atoms with Crippen LogP contribution in [-0.4, -0.2) is 57.6 Å². The standard InChI is InChI=1S/C17H22ClN5O/c1-21-15-5-4-12(18)9-14(15)20-16(21)11-22-7-2-3-13(10-22)23-8-6-19-17(23)24/h4-5,9,13H,2-3,6-8,10-11H2,1H3,(H,19,24)/t13-/m0/s1. The summed E-state index contributed by atoms with van der Waals surface area (Å²) in [5, 5.41) is 3.62. The average Bonchev–Trinajstić information content (AvgIpc) is 3.12. The minimum atomic E-state index is 0.0826. The lowest BCUT2D eigenvalue weighted by Crippen LogP contribution is -2.48. The Morgan fingerprint density at radius 1 is 1.38 bits per heavy atom. The highest BCUT2D eigenvalue weighted by atomic mass is 35.5. The average molecular weight is 348 g/mol. The number of halogens is 1. The van der Waals surface area contributed by atoms with Crippen molar-refractivity contribution in [1.82, 2.24) is 24.7 Å². The molecular weight excluding hydrogens is 326 g/mol. The highest BCUT2D eigenvalue weighted by molar-refractivity contribution is 6.31. The van der Waals surface area contributed by atoms with Crippen LogP contribution in [0.5, 0.6) is 0 Å². The van der Waals surface area contributed by atoms with Crippen molar-refractivity contribution >= 4 is 28.7 Å². The number of aromatic nitrogens is 2. The lowest BCUT2D eigenvalue weighted by atomic mass is 10.0. The molecule has 4 rings (SSSR count). The van der Waals surface area contributed by atoms with Crippen LogP contribution >= 0.6 is 11.6 Å². The largest absolute Gasteiger partial charge is 0.336 e. The summed E-state index contributed by atoms with van der Waals surface area (Å²) in [4.78, 5) is 21.1. The van der Waals surface area contributed by atoms with Gasteiger partial charge in [0.1, 0.15) is 5.82 Å². The van der Waals surface area contributed by atoms with Gasteiger partial charge in [0.05, 0.1) is 17.6 Å². The van der Waals surface area contributed by atoms with Crippen LogP contribution in [0.2, 0.25) is 5.02 Å². The molecule has 0 radical (unpaired) electrons. The third kappa shape index (κ3) is 2.84. The summed E-state index contributed by atoms with van der Waals surface area (Å²) in [6.45, 7) is 4.35. The quantitative estimate of drug-likeness (QED) is 0.926. The Hall–Kier alpha value is -1.79. The lowest BCUT2D eigenvalue weighted by Gasteiger charge is -2.36. The van der Waals surface area contributed by atoms with Gasteiger partial charge in [-0.2, -0.15) is 0 Å². The van der Waals surface area contributed by atoms with Gasteiger partial charge in [0.25, 0.3) is 0 Å². The van der Waals surface area contributed by atoms with E-state index in [9.17, 15) is 4.79 Å². The Bertz CT molecular complexity index is 774. The van der Waals surface area contributed by atoms with Gasteiger partial charge < -0.3 is 14.8 Å². The number of benzene rings is 1. The van der Waals surface area contributed by atoms with Crippen molar-refractivity contribution in [1.29, 1.82) is 0 Å². The van der Waals surface area contributed by atoms with Crippen molar-refractivity contribution in [3.8, 4) is 0 Å². The molecule has 24 heavy (non-hydrogen) atoms. The van der Waals surface area contributed by atoms with Crippen molar-refractivity contribution in [2.24, 2.45) is 7.05 Å².